The molecule has 0 unspecified atom stereocenters. The second kappa shape index (κ2) is 8.13. The Labute approximate surface area is 142 Å². The van der Waals surface area contributed by atoms with Gasteiger partial charge in [-0.25, -0.2) is 4.79 Å². The molecule has 1 atom stereocenters. The van der Waals surface area contributed by atoms with Crippen LogP contribution in [-0.4, -0.2) is 61.8 Å². The summed E-state index contributed by atoms with van der Waals surface area (Å²) in [7, 11) is 0. The fourth-order valence-electron chi connectivity index (χ4n) is 3.40. The number of likely N-dealkylation sites (tertiary alicyclic amines) is 1. The molecule has 0 radical (unpaired) electrons. The lowest BCUT2D eigenvalue weighted by molar-refractivity contribution is 0.0249. The van der Waals surface area contributed by atoms with Crippen molar-refractivity contribution in [2.24, 2.45) is 5.92 Å². The minimum atomic E-state index is 0.0875. The van der Waals surface area contributed by atoms with Crippen molar-refractivity contribution in [2.75, 3.05) is 45.9 Å². The maximum absolute atomic E-state index is 12.4. The van der Waals surface area contributed by atoms with E-state index in [4.69, 9.17) is 4.74 Å². The highest BCUT2D eigenvalue weighted by Crippen LogP contribution is 2.19. The van der Waals surface area contributed by atoms with Crippen LogP contribution in [0, 0.1) is 12.8 Å². The highest BCUT2D eigenvalue weighted by Gasteiger charge is 2.25. The topological polar surface area (TPSA) is 44.8 Å². The molecule has 23 heavy (non-hydrogen) atoms. The molecule has 0 spiro atoms. The molecular formula is C17H27N3O2S. The molecule has 0 bridgehead atoms. The highest BCUT2D eigenvalue weighted by atomic mass is 32.1. The van der Waals surface area contributed by atoms with Gasteiger partial charge in [-0.1, -0.05) is 0 Å². The third kappa shape index (κ3) is 4.68. The van der Waals surface area contributed by atoms with Crippen molar-refractivity contribution < 1.29 is 9.53 Å². The Balaban J connectivity index is 1.45. The number of hydrogen-bond donors (Lipinski definition) is 1. The Kier molecular flexibility index (Phi) is 5.91. The van der Waals surface area contributed by atoms with Crippen molar-refractivity contribution in [1.29, 1.82) is 0 Å². The van der Waals surface area contributed by atoms with Crippen LogP contribution in [0.5, 0.6) is 0 Å². The van der Waals surface area contributed by atoms with Crippen LogP contribution < -0.4 is 5.32 Å². The summed E-state index contributed by atoms with van der Waals surface area (Å²) in [6.07, 6.45) is 2.34. The van der Waals surface area contributed by atoms with E-state index in [1.807, 2.05) is 4.90 Å². The average molecular weight is 337 g/mol. The van der Waals surface area contributed by atoms with E-state index in [0.29, 0.717) is 12.5 Å². The number of ether oxygens (including phenoxy) is 1. The van der Waals surface area contributed by atoms with Crippen LogP contribution in [0.2, 0.25) is 0 Å². The van der Waals surface area contributed by atoms with Crippen molar-refractivity contribution in [2.45, 2.75) is 26.3 Å². The van der Waals surface area contributed by atoms with Crippen molar-refractivity contribution >= 4 is 17.4 Å². The molecule has 1 aromatic heterocycles. The molecule has 3 heterocycles. The second-order valence-corrected chi connectivity index (χ2v) is 7.55. The fourth-order valence-corrected chi connectivity index (χ4v) is 4.25. The summed E-state index contributed by atoms with van der Waals surface area (Å²) in [5, 5.41) is 5.16. The maximum atomic E-state index is 12.4. The largest absolute Gasteiger partial charge is 0.379 e. The zero-order valence-corrected chi connectivity index (χ0v) is 14.7. The molecule has 2 amide bonds. The lowest BCUT2D eigenvalue weighted by Crippen LogP contribution is -2.48. The van der Waals surface area contributed by atoms with Crippen LogP contribution >= 0.6 is 11.3 Å². The molecule has 3 rings (SSSR count). The molecule has 6 heteroatoms. The molecular weight excluding hydrogens is 310 g/mol. The molecule has 0 saturated carbocycles. The van der Waals surface area contributed by atoms with Gasteiger partial charge >= 0.3 is 6.03 Å². The SMILES string of the molecule is Cc1ccsc1CNC(=O)N1CCC[C@H](CN2CCOCC2)C1. The van der Waals surface area contributed by atoms with E-state index in [1.54, 1.807) is 11.3 Å². The first-order chi connectivity index (χ1) is 11.2. The zero-order valence-electron chi connectivity index (χ0n) is 13.9. The van der Waals surface area contributed by atoms with Crippen LogP contribution in [0.3, 0.4) is 0 Å². The quantitative estimate of drug-likeness (QED) is 0.917. The number of piperidine rings is 1. The van der Waals surface area contributed by atoms with Gasteiger partial charge < -0.3 is 15.0 Å². The highest BCUT2D eigenvalue weighted by molar-refractivity contribution is 7.10. The molecule has 2 fully saturated rings. The van der Waals surface area contributed by atoms with Gasteiger partial charge in [-0.2, -0.15) is 0 Å². The van der Waals surface area contributed by atoms with E-state index >= 15 is 0 Å². The summed E-state index contributed by atoms with van der Waals surface area (Å²) < 4.78 is 5.41. The van der Waals surface area contributed by atoms with Gasteiger partial charge in [0.05, 0.1) is 19.8 Å². The minimum Gasteiger partial charge on any atom is -0.379 e. The second-order valence-electron chi connectivity index (χ2n) is 6.55. The van der Waals surface area contributed by atoms with Crippen molar-refractivity contribution in [3.63, 3.8) is 0 Å². The normalized spacial score (nSPS) is 23.0. The lowest BCUT2D eigenvalue weighted by atomic mass is 9.97. The van der Waals surface area contributed by atoms with E-state index in [2.05, 4.69) is 28.6 Å². The third-order valence-electron chi connectivity index (χ3n) is 4.79. The summed E-state index contributed by atoms with van der Waals surface area (Å²) in [4.78, 5) is 18.2. The van der Waals surface area contributed by atoms with Crippen LogP contribution in [0.1, 0.15) is 23.3 Å². The number of carbonyl (C=O) groups excluding carboxylic acids is 1. The van der Waals surface area contributed by atoms with Crippen LogP contribution in [0.15, 0.2) is 11.4 Å². The Bertz CT molecular complexity index is 514. The monoisotopic (exact) mass is 337 g/mol. The molecule has 2 aliphatic rings. The molecule has 1 N–H and O–H groups in total. The number of morpholine rings is 1. The Morgan fingerprint density at radius 3 is 2.96 bits per heavy atom. The Morgan fingerprint density at radius 1 is 1.39 bits per heavy atom. The van der Waals surface area contributed by atoms with E-state index in [-0.39, 0.29) is 6.03 Å². The zero-order chi connectivity index (χ0) is 16.1. The third-order valence-corrected chi connectivity index (χ3v) is 5.82. The summed E-state index contributed by atoms with van der Waals surface area (Å²) in [6.45, 7) is 9.34. The number of urea groups is 1. The number of carbonyl (C=O) groups is 1. The number of nitrogens with zero attached hydrogens (tertiary/aromatic N) is 2. The molecule has 128 valence electrons. The number of rotatable bonds is 4. The molecule has 2 saturated heterocycles. The van der Waals surface area contributed by atoms with Crippen LogP contribution in [0.4, 0.5) is 4.79 Å². The fraction of sp³-hybridized carbons (Fsp3) is 0.706. The molecule has 2 aliphatic heterocycles. The first-order valence-electron chi connectivity index (χ1n) is 8.58. The predicted molar refractivity (Wildman–Crippen MR) is 92.8 cm³/mol. The standard InChI is InChI=1S/C17H27N3O2S/c1-14-4-10-23-16(14)11-18-17(21)20-5-2-3-15(13-20)12-19-6-8-22-9-7-19/h4,10,15H,2-3,5-9,11-13H2,1H3,(H,18,21)/t15-/m1/s1. The predicted octanol–water partition coefficient (Wildman–Crippen LogP) is 2.31. The first-order valence-corrected chi connectivity index (χ1v) is 9.46. The number of hydrogen-bond acceptors (Lipinski definition) is 4. The van der Waals surface area contributed by atoms with Crippen LogP contribution in [0.25, 0.3) is 0 Å². The van der Waals surface area contributed by atoms with Crippen molar-refractivity contribution in [1.82, 2.24) is 15.1 Å². The molecule has 1 aromatic rings. The maximum Gasteiger partial charge on any atom is 0.317 e. The van der Waals surface area contributed by atoms with E-state index in [0.717, 1.165) is 52.4 Å². The summed E-state index contributed by atoms with van der Waals surface area (Å²) in [5.41, 5.74) is 1.26. The molecule has 0 aromatic carbocycles. The van der Waals surface area contributed by atoms with E-state index < -0.39 is 0 Å². The van der Waals surface area contributed by atoms with E-state index in [1.165, 1.54) is 16.9 Å². The van der Waals surface area contributed by atoms with Gasteiger partial charge in [-0.05, 0) is 42.7 Å². The number of nitrogens with one attached hydrogen (secondary N) is 1. The minimum absolute atomic E-state index is 0.0875. The number of aryl methyl sites for hydroxylation is 1. The van der Waals surface area contributed by atoms with Gasteiger partial charge in [0.25, 0.3) is 0 Å². The summed E-state index contributed by atoms with van der Waals surface area (Å²) in [5.74, 6) is 0.594. The lowest BCUT2D eigenvalue weighted by Gasteiger charge is -2.36. The van der Waals surface area contributed by atoms with Gasteiger partial charge in [0.2, 0.25) is 0 Å². The van der Waals surface area contributed by atoms with E-state index in [9.17, 15) is 4.79 Å². The average Bonchev–Trinajstić information content (AvgIpc) is 2.99. The first kappa shape index (κ1) is 16.7. The summed E-state index contributed by atoms with van der Waals surface area (Å²) >= 11 is 1.71. The smallest absolute Gasteiger partial charge is 0.317 e. The summed E-state index contributed by atoms with van der Waals surface area (Å²) in [6, 6.07) is 2.19. The van der Waals surface area contributed by atoms with Gasteiger partial charge in [0, 0.05) is 37.6 Å². The number of amides is 2. The molecule has 5 nitrogen and oxygen atoms in total. The van der Waals surface area contributed by atoms with Crippen LogP contribution in [-0.2, 0) is 11.3 Å². The molecule has 0 aliphatic carbocycles. The van der Waals surface area contributed by atoms with Crippen molar-refractivity contribution in [3.8, 4) is 0 Å². The Hall–Kier alpha value is -1.11. The van der Waals surface area contributed by atoms with Gasteiger partial charge in [-0.3, -0.25) is 4.90 Å². The number of thiophene rings is 1. The van der Waals surface area contributed by atoms with Gasteiger partial charge in [0.15, 0.2) is 0 Å². The van der Waals surface area contributed by atoms with Crippen molar-refractivity contribution in [3.05, 3.63) is 21.9 Å². The van der Waals surface area contributed by atoms with Gasteiger partial charge in [-0.15, -0.1) is 11.3 Å². The van der Waals surface area contributed by atoms with Gasteiger partial charge in [0.1, 0.15) is 0 Å². The Morgan fingerprint density at radius 2 is 2.22 bits per heavy atom.